The smallest absolute Gasteiger partial charge is 0.222 e. The van der Waals surface area contributed by atoms with Crippen molar-refractivity contribution in [3.05, 3.63) is 35.4 Å². The van der Waals surface area contributed by atoms with Crippen molar-refractivity contribution in [2.75, 3.05) is 13.1 Å². The molecule has 1 aromatic rings. The average molecular weight is 296 g/mol. The Labute approximate surface area is 124 Å². The van der Waals surface area contributed by atoms with E-state index in [2.05, 4.69) is 0 Å². The van der Waals surface area contributed by atoms with Gasteiger partial charge in [0.2, 0.25) is 5.91 Å². The van der Waals surface area contributed by atoms with Gasteiger partial charge in [0.05, 0.1) is 0 Å². The fraction of sp³-hybridized carbons (Fsp3) is 0.562. The number of aryl methyl sites for hydroxylation is 1. The van der Waals surface area contributed by atoms with Crippen molar-refractivity contribution < 1.29 is 13.6 Å². The van der Waals surface area contributed by atoms with E-state index in [-0.39, 0.29) is 11.9 Å². The van der Waals surface area contributed by atoms with Gasteiger partial charge in [0.25, 0.3) is 0 Å². The highest BCUT2D eigenvalue weighted by Crippen LogP contribution is 2.18. The molecule has 3 nitrogen and oxygen atoms in total. The van der Waals surface area contributed by atoms with E-state index in [4.69, 9.17) is 5.73 Å². The van der Waals surface area contributed by atoms with Gasteiger partial charge in [-0.1, -0.05) is 6.07 Å². The molecule has 1 aliphatic heterocycles. The molecule has 1 saturated heterocycles. The first-order valence-electron chi connectivity index (χ1n) is 7.55. The van der Waals surface area contributed by atoms with Crippen molar-refractivity contribution >= 4 is 5.91 Å². The minimum atomic E-state index is -0.839. The fourth-order valence-electron chi connectivity index (χ4n) is 2.86. The molecule has 5 heteroatoms. The van der Waals surface area contributed by atoms with E-state index in [0.29, 0.717) is 25.8 Å². The molecule has 1 amide bonds. The first-order chi connectivity index (χ1) is 10.1. The number of piperidine rings is 1. The molecule has 0 radical (unpaired) electrons. The molecule has 2 rings (SSSR count). The van der Waals surface area contributed by atoms with Crippen LogP contribution in [0.4, 0.5) is 8.78 Å². The number of hydrogen-bond donors (Lipinski definition) is 1. The quantitative estimate of drug-likeness (QED) is 0.908. The molecule has 21 heavy (non-hydrogen) atoms. The average Bonchev–Trinajstić information content (AvgIpc) is 2.50. The second-order valence-electron chi connectivity index (χ2n) is 5.57. The highest BCUT2D eigenvalue weighted by Gasteiger charge is 2.24. The number of nitrogens with zero attached hydrogens (tertiary/aromatic N) is 1. The van der Waals surface area contributed by atoms with Crippen LogP contribution >= 0.6 is 0 Å². The predicted octanol–water partition coefficient (Wildman–Crippen LogP) is 2.63. The maximum Gasteiger partial charge on any atom is 0.222 e. The molecule has 1 aromatic carbocycles. The van der Waals surface area contributed by atoms with Crippen molar-refractivity contribution in [3.63, 3.8) is 0 Å². The Morgan fingerprint density at radius 3 is 2.81 bits per heavy atom. The monoisotopic (exact) mass is 296 g/mol. The Morgan fingerprint density at radius 1 is 1.29 bits per heavy atom. The van der Waals surface area contributed by atoms with Crippen molar-refractivity contribution in [2.45, 2.75) is 44.6 Å². The Kier molecular flexibility index (Phi) is 5.67. The highest BCUT2D eigenvalue weighted by molar-refractivity contribution is 5.76. The van der Waals surface area contributed by atoms with E-state index < -0.39 is 11.6 Å². The van der Waals surface area contributed by atoms with Crippen LogP contribution in [0.15, 0.2) is 18.2 Å². The van der Waals surface area contributed by atoms with Crippen LogP contribution in [0.25, 0.3) is 0 Å². The molecule has 1 unspecified atom stereocenters. The van der Waals surface area contributed by atoms with Gasteiger partial charge in [-0.25, -0.2) is 8.78 Å². The standard InChI is InChI=1S/C16H22F2N2O/c17-14-8-7-12(10-15(14)18)4-3-6-16(21)20-9-2-1-5-13(20)11-19/h7-8,10,13H,1-6,9,11,19H2. The van der Waals surface area contributed by atoms with Gasteiger partial charge < -0.3 is 10.6 Å². The summed E-state index contributed by atoms with van der Waals surface area (Å²) in [7, 11) is 0. The van der Waals surface area contributed by atoms with E-state index in [1.165, 1.54) is 6.07 Å². The molecule has 1 aliphatic rings. The van der Waals surface area contributed by atoms with Gasteiger partial charge in [-0.2, -0.15) is 0 Å². The highest BCUT2D eigenvalue weighted by atomic mass is 19.2. The van der Waals surface area contributed by atoms with E-state index in [9.17, 15) is 13.6 Å². The minimum Gasteiger partial charge on any atom is -0.338 e. The molecule has 0 aromatic heterocycles. The Hall–Kier alpha value is -1.49. The maximum atomic E-state index is 13.1. The van der Waals surface area contributed by atoms with Crippen LogP contribution in [0.2, 0.25) is 0 Å². The summed E-state index contributed by atoms with van der Waals surface area (Å²) in [5.74, 6) is -1.56. The van der Waals surface area contributed by atoms with Gasteiger partial charge in [-0.15, -0.1) is 0 Å². The van der Waals surface area contributed by atoms with E-state index in [1.54, 1.807) is 6.07 Å². The number of hydrogen-bond acceptors (Lipinski definition) is 2. The first-order valence-corrected chi connectivity index (χ1v) is 7.55. The van der Waals surface area contributed by atoms with Crippen molar-refractivity contribution in [1.29, 1.82) is 0 Å². The maximum absolute atomic E-state index is 13.1. The Bertz CT molecular complexity index is 493. The molecule has 0 bridgehead atoms. The van der Waals surface area contributed by atoms with Crippen LogP contribution in [0.5, 0.6) is 0 Å². The molecular formula is C16H22F2N2O. The van der Waals surface area contributed by atoms with Crippen LogP contribution in [-0.2, 0) is 11.2 Å². The van der Waals surface area contributed by atoms with Gasteiger partial charge in [-0.05, 0) is 49.8 Å². The molecule has 0 saturated carbocycles. The van der Waals surface area contributed by atoms with E-state index in [0.717, 1.165) is 37.4 Å². The first kappa shape index (κ1) is 15.9. The summed E-state index contributed by atoms with van der Waals surface area (Å²) in [6.45, 7) is 1.29. The predicted molar refractivity (Wildman–Crippen MR) is 77.7 cm³/mol. The molecule has 116 valence electrons. The summed E-state index contributed by atoms with van der Waals surface area (Å²) in [6.07, 6.45) is 4.77. The molecule has 1 fully saturated rings. The van der Waals surface area contributed by atoms with Crippen LogP contribution in [0.1, 0.15) is 37.7 Å². The molecule has 1 heterocycles. The number of nitrogens with two attached hydrogens (primary N) is 1. The summed E-state index contributed by atoms with van der Waals surface area (Å²) in [5, 5.41) is 0. The van der Waals surface area contributed by atoms with Gasteiger partial charge in [0.1, 0.15) is 0 Å². The van der Waals surface area contributed by atoms with Crippen LogP contribution in [0, 0.1) is 11.6 Å². The number of rotatable bonds is 5. The summed E-state index contributed by atoms with van der Waals surface area (Å²) < 4.78 is 25.9. The fourth-order valence-corrected chi connectivity index (χ4v) is 2.86. The molecular weight excluding hydrogens is 274 g/mol. The van der Waals surface area contributed by atoms with Crippen LogP contribution in [0.3, 0.4) is 0 Å². The molecule has 0 aliphatic carbocycles. The lowest BCUT2D eigenvalue weighted by molar-refractivity contribution is -0.134. The second-order valence-corrected chi connectivity index (χ2v) is 5.57. The SMILES string of the molecule is NCC1CCCCN1C(=O)CCCc1ccc(F)c(F)c1. The third kappa shape index (κ3) is 4.24. The third-order valence-electron chi connectivity index (χ3n) is 4.06. The van der Waals surface area contributed by atoms with Crippen molar-refractivity contribution in [2.24, 2.45) is 5.73 Å². The number of amides is 1. The zero-order valence-electron chi connectivity index (χ0n) is 12.2. The van der Waals surface area contributed by atoms with Gasteiger partial charge in [0.15, 0.2) is 11.6 Å². The van der Waals surface area contributed by atoms with Crippen molar-refractivity contribution in [1.82, 2.24) is 4.90 Å². The molecule has 2 N–H and O–H groups in total. The lowest BCUT2D eigenvalue weighted by atomic mass is 10.0. The van der Waals surface area contributed by atoms with E-state index in [1.807, 2.05) is 4.90 Å². The van der Waals surface area contributed by atoms with Gasteiger partial charge in [0, 0.05) is 25.6 Å². The van der Waals surface area contributed by atoms with Gasteiger partial charge >= 0.3 is 0 Å². The number of halogens is 2. The summed E-state index contributed by atoms with van der Waals surface area (Å²) in [4.78, 5) is 14.1. The van der Waals surface area contributed by atoms with Crippen LogP contribution < -0.4 is 5.73 Å². The topological polar surface area (TPSA) is 46.3 Å². The van der Waals surface area contributed by atoms with Crippen molar-refractivity contribution in [3.8, 4) is 0 Å². The Morgan fingerprint density at radius 2 is 2.10 bits per heavy atom. The number of benzene rings is 1. The Balaban J connectivity index is 1.82. The summed E-state index contributed by atoms with van der Waals surface area (Å²) in [5.41, 5.74) is 6.43. The second kappa shape index (κ2) is 7.50. The zero-order chi connectivity index (χ0) is 15.2. The van der Waals surface area contributed by atoms with Crippen LogP contribution in [-0.4, -0.2) is 29.9 Å². The number of likely N-dealkylation sites (tertiary alicyclic amines) is 1. The summed E-state index contributed by atoms with van der Waals surface area (Å²) in [6, 6.07) is 4.05. The third-order valence-corrected chi connectivity index (χ3v) is 4.06. The zero-order valence-corrected chi connectivity index (χ0v) is 12.2. The lowest BCUT2D eigenvalue weighted by Crippen LogP contribution is -2.47. The molecule has 0 spiro atoms. The summed E-state index contributed by atoms with van der Waals surface area (Å²) >= 11 is 0. The molecule has 1 atom stereocenters. The minimum absolute atomic E-state index is 0.118. The lowest BCUT2D eigenvalue weighted by Gasteiger charge is -2.35. The number of carbonyl (C=O) groups excluding carboxylic acids is 1. The van der Waals surface area contributed by atoms with Gasteiger partial charge in [-0.3, -0.25) is 4.79 Å². The normalized spacial score (nSPS) is 18.8. The largest absolute Gasteiger partial charge is 0.338 e. The van der Waals surface area contributed by atoms with E-state index >= 15 is 0 Å². The number of carbonyl (C=O) groups is 1.